The summed E-state index contributed by atoms with van der Waals surface area (Å²) in [6.07, 6.45) is 0. The number of anilines is 1. The zero-order valence-corrected chi connectivity index (χ0v) is 8.81. The molecule has 1 aromatic rings. The molecule has 0 saturated heterocycles. The molecule has 0 spiro atoms. The van der Waals surface area contributed by atoms with Crippen molar-refractivity contribution in [1.29, 1.82) is 0 Å². The van der Waals surface area contributed by atoms with Crippen molar-refractivity contribution in [2.75, 3.05) is 24.2 Å². The van der Waals surface area contributed by atoms with Crippen molar-refractivity contribution in [3.05, 3.63) is 30.3 Å². The maximum atomic E-state index is 4.10. The predicted molar refractivity (Wildman–Crippen MR) is 61.2 cm³/mol. The average Bonchev–Trinajstić information content (AvgIpc) is 2.15. The molecule has 12 heavy (non-hydrogen) atoms. The summed E-state index contributed by atoms with van der Waals surface area (Å²) in [5.74, 6) is 1.05. The minimum atomic E-state index is 1.04. The first-order valence-electron chi connectivity index (χ1n) is 3.87. The van der Waals surface area contributed by atoms with Crippen molar-refractivity contribution < 1.29 is 0 Å². The Kier molecular flexibility index (Phi) is 4.40. The number of hydrogen-bond donors (Lipinski definition) is 1. The van der Waals surface area contributed by atoms with Gasteiger partial charge in [-0.25, -0.2) is 0 Å². The molecule has 0 fully saturated rings. The zero-order chi connectivity index (χ0) is 8.81. The molecule has 0 aliphatic rings. The van der Waals surface area contributed by atoms with Gasteiger partial charge < -0.3 is 4.90 Å². The summed E-state index contributed by atoms with van der Waals surface area (Å²) in [7, 11) is 3.67. The molecular formula is C9H13NS2. The van der Waals surface area contributed by atoms with Crippen LogP contribution in [0.1, 0.15) is 0 Å². The van der Waals surface area contributed by atoms with Gasteiger partial charge in [0.05, 0.1) is 0 Å². The SMILES string of the molecule is CN(CCSS)c1ccccc1. The Morgan fingerprint density at radius 2 is 2.00 bits per heavy atom. The molecule has 0 N–H and O–H groups in total. The highest BCUT2D eigenvalue weighted by molar-refractivity contribution is 8.68. The van der Waals surface area contributed by atoms with Crippen LogP contribution in [-0.4, -0.2) is 19.3 Å². The molecule has 66 valence electrons. The monoisotopic (exact) mass is 199 g/mol. The Bertz CT molecular complexity index is 213. The second-order valence-corrected chi connectivity index (χ2v) is 4.03. The van der Waals surface area contributed by atoms with Crippen molar-refractivity contribution in [2.24, 2.45) is 0 Å². The van der Waals surface area contributed by atoms with Gasteiger partial charge in [0.25, 0.3) is 0 Å². The van der Waals surface area contributed by atoms with Crippen molar-refractivity contribution in [1.82, 2.24) is 0 Å². The molecule has 0 bridgehead atoms. The first-order chi connectivity index (χ1) is 5.84. The van der Waals surface area contributed by atoms with E-state index < -0.39 is 0 Å². The lowest BCUT2D eigenvalue weighted by Crippen LogP contribution is -2.19. The second-order valence-electron chi connectivity index (χ2n) is 2.59. The van der Waals surface area contributed by atoms with Gasteiger partial charge >= 0.3 is 0 Å². The minimum Gasteiger partial charge on any atom is -0.374 e. The zero-order valence-electron chi connectivity index (χ0n) is 7.10. The number of thiol groups is 1. The van der Waals surface area contributed by atoms with Gasteiger partial charge in [-0.05, 0) is 12.1 Å². The Morgan fingerprint density at radius 3 is 2.58 bits per heavy atom. The highest BCUT2D eigenvalue weighted by Gasteiger charge is 1.97. The molecule has 0 atom stereocenters. The fraction of sp³-hybridized carbons (Fsp3) is 0.333. The van der Waals surface area contributed by atoms with Crippen LogP contribution in [0.4, 0.5) is 5.69 Å². The second kappa shape index (κ2) is 5.38. The van der Waals surface area contributed by atoms with Gasteiger partial charge in [0.1, 0.15) is 0 Å². The summed E-state index contributed by atoms with van der Waals surface area (Å²) in [5.41, 5.74) is 1.26. The van der Waals surface area contributed by atoms with Crippen LogP contribution in [0.25, 0.3) is 0 Å². The summed E-state index contributed by atoms with van der Waals surface area (Å²) >= 11 is 4.10. The maximum Gasteiger partial charge on any atom is 0.0363 e. The third-order valence-electron chi connectivity index (χ3n) is 1.71. The first-order valence-corrected chi connectivity index (χ1v) is 5.91. The van der Waals surface area contributed by atoms with Crippen molar-refractivity contribution in [3.63, 3.8) is 0 Å². The van der Waals surface area contributed by atoms with Gasteiger partial charge in [0, 0.05) is 25.0 Å². The molecule has 0 amide bonds. The van der Waals surface area contributed by atoms with Crippen LogP contribution >= 0.6 is 22.5 Å². The molecule has 3 heteroatoms. The third-order valence-corrected chi connectivity index (χ3v) is 2.63. The summed E-state index contributed by atoms with van der Waals surface area (Å²) in [5, 5.41) is 0. The molecule has 0 aliphatic heterocycles. The van der Waals surface area contributed by atoms with Gasteiger partial charge in [-0.2, -0.15) is 0 Å². The van der Waals surface area contributed by atoms with E-state index in [1.807, 2.05) is 6.07 Å². The summed E-state index contributed by atoms with van der Waals surface area (Å²) in [4.78, 5) is 2.23. The van der Waals surface area contributed by atoms with E-state index in [-0.39, 0.29) is 0 Å². The van der Waals surface area contributed by atoms with E-state index in [9.17, 15) is 0 Å². The van der Waals surface area contributed by atoms with Gasteiger partial charge in [0.2, 0.25) is 0 Å². The van der Waals surface area contributed by atoms with E-state index in [2.05, 4.69) is 47.9 Å². The smallest absolute Gasteiger partial charge is 0.0363 e. The van der Waals surface area contributed by atoms with Gasteiger partial charge in [-0.1, -0.05) is 29.0 Å². The number of para-hydroxylation sites is 1. The third kappa shape index (κ3) is 2.99. The fourth-order valence-corrected chi connectivity index (χ4v) is 1.59. The van der Waals surface area contributed by atoms with Crippen molar-refractivity contribution in [2.45, 2.75) is 0 Å². The van der Waals surface area contributed by atoms with E-state index in [1.54, 1.807) is 10.8 Å². The van der Waals surface area contributed by atoms with Gasteiger partial charge in [-0.15, -0.1) is 11.7 Å². The van der Waals surface area contributed by atoms with Crippen LogP contribution in [0.2, 0.25) is 0 Å². The summed E-state index contributed by atoms with van der Waals surface area (Å²) in [6.45, 7) is 1.04. The van der Waals surface area contributed by atoms with Crippen LogP contribution in [0.15, 0.2) is 30.3 Å². The van der Waals surface area contributed by atoms with Crippen LogP contribution < -0.4 is 4.90 Å². The molecule has 1 nitrogen and oxygen atoms in total. The van der Waals surface area contributed by atoms with Crippen LogP contribution in [0.3, 0.4) is 0 Å². The van der Waals surface area contributed by atoms with E-state index in [0.29, 0.717) is 0 Å². The van der Waals surface area contributed by atoms with Gasteiger partial charge in [0.15, 0.2) is 0 Å². The number of benzene rings is 1. The highest BCUT2D eigenvalue weighted by atomic mass is 33.1. The molecule has 0 saturated carbocycles. The molecule has 0 unspecified atom stereocenters. The van der Waals surface area contributed by atoms with Crippen LogP contribution in [-0.2, 0) is 0 Å². The Labute approximate surface area is 83.0 Å². The first kappa shape index (κ1) is 9.81. The van der Waals surface area contributed by atoms with Crippen LogP contribution in [0, 0.1) is 0 Å². The predicted octanol–water partition coefficient (Wildman–Crippen LogP) is 2.70. The van der Waals surface area contributed by atoms with Gasteiger partial charge in [-0.3, -0.25) is 0 Å². The van der Waals surface area contributed by atoms with E-state index in [0.717, 1.165) is 12.3 Å². The number of hydrogen-bond acceptors (Lipinski definition) is 3. The molecule has 1 aromatic carbocycles. The topological polar surface area (TPSA) is 3.24 Å². The molecule has 0 aromatic heterocycles. The fourth-order valence-electron chi connectivity index (χ4n) is 0.989. The molecule has 1 rings (SSSR count). The standard InChI is InChI=1S/C9H13NS2/c1-10(7-8-12-11)9-5-3-2-4-6-9/h2-6,11H,7-8H2,1H3. The van der Waals surface area contributed by atoms with E-state index in [1.165, 1.54) is 5.69 Å². The lowest BCUT2D eigenvalue weighted by Gasteiger charge is -2.17. The van der Waals surface area contributed by atoms with Crippen molar-refractivity contribution in [3.8, 4) is 0 Å². The number of rotatable bonds is 4. The maximum absolute atomic E-state index is 4.10. The van der Waals surface area contributed by atoms with Crippen molar-refractivity contribution >= 4 is 28.1 Å². The Hall–Kier alpha value is -0.280. The van der Waals surface area contributed by atoms with E-state index in [4.69, 9.17) is 0 Å². The van der Waals surface area contributed by atoms with Crippen LogP contribution in [0.5, 0.6) is 0 Å². The molecular weight excluding hydrogens is 186 g/mol. The Balaban J connectivity index is 2.48. The quantitative estimate of drug-likeness (QED) is 0.586. The largest absolute Gasteiger partial charge is 0.374 e. The summed E-state index contributed by atoms with van der Waals surface area (Å²) < 4.78 is 0. The molecule has 0 aliphatic carbocycles. The van der Waals surface area contributed by atoms with E-state index >= 15 is 0 Å². The lowest BCUT2D eigenvalue weighted by molar-refractivity contribution is 0.979. The summed E-state index contributed by atoms with van der Waals surface area (Å²) in [6, 6.07) is 10.4. The normalized spacial score (nSPS) is 9.83. The lowest BCUT2D eigenvalue weighted by atomic mass is 10.3. The molecule has 0 radical (unpaired) electrons. The Morgan fingerprint density at radius 1 is 1.33 bits per heavy atom. The average molecular weight is 199 g/mol. The minimum absolute atomic E-state index is 1.04. The highest BCUT2D eigenvalue weighted by Crippen LogP contribution is 2.12. The molecule has 0 heterocycles. The number of nitrogens with zero attached hydrogens (tertiary/aromatic N) is 1.